The Balaban J connectivity index is 1.91. The first-order valence-electron chi connectivity index (χ1n) is 6.29. The van der Waals surface area contributed by atoms with E-state index in [0.29, 0.717) is 0 Å². The highest BCUT2D eigenvalue weighted by Gasteiger charge is 2.20. The van der Waals surface area contributed by atoms with E-state index in [-0.39, 0.29) is 5.92 Å². The third-order valence-electron chi connectivity index (χ3n) is 3.41. The van der Waals surface area contributed by atoms with Crippen LogP contribution < -0.4 is 4.90 Å². The molecule has 1 saturated heterocycles. The summed E-state index contributed by atoms with van der Waals surface area (Å²) in [5, 5.41) is 0. The first kappa shape index (κ1) is 11.1. The lowest BCUT2D eigenvalue weighted by molar-refractivity contribution is -0.111. The molecule has 0 amide bonds. The number of aldehydes is 1. The minimum Gasteiger partial charge on any atom is -0.355 e. The van der Waals surface area contributed by atoms with Gasteiger partial charge in [-0.15, -0.1) is 0 Å². The third kappa shape index (κ3) is 2.06. The van der Waals surface area contributed by atoms with Crippen molar-refractivity contribution in [1.29, 1.82) is 0 Å². The van der Waals surface area contributed by atoms with Crippen molar-refractivity contribution in [3.8, 4) is 0 Å². The third-order valence-corrected chi connectivity index (χ3v) is 3.41. The van der Waals surface area contributed by atoms with Gasteiger partial charge in [-0.3, -0.25) is 4.98 Å². The summed E-state index contributed by atoms with van der Waals surface area (Å²) in [7, 11) is 0. The van der Waals surface area contributed by atoms with E-state index in [1.165, 1.54) is 0 Å². The SMILES string of the molecule is O=CC1CCCN(c2cnc3ccccc3n2)C1. The van der Waals surface area contributed by atoms with E-state index < -0.39 is 0 Å². The van der Waals surface area contributed by atoms with Gasteiger partial charge in [-0.2, -0.15) is 0 Å². The Labute approximate surface area is 106 Å². The maximum atomic E-state index is 10.9. The van der Waals surface area contributed by atoms with E-state index in [2.05, 4.69) is 14.9 Å². The van der Waals surface area contributed by atoms with Crippen molar-refractivity contribution in [2.45, 2.75) is 12.8 Å². The highest BCUT2D eigenvalue weighted by Crippen LogP contribution is 2.21. The number of rotatable bonds is 2. The standard InChI is InChI=1S/C14H15N3O/c18-10-11-4-3-7-17(9-11)14-8-15-12-5-1-2-6-13(12)16-14/h1-2,5-6,8,10-11H,3-4,7,9H2. The predicted octanol–water partition coefficient (Wildman–Crippen LogP) is 2.05. The Morgan fingerprint density at radius 2 is 2.11 bits per heavy atom. The molecule has 0 spiro atoms. The van der Waals surface area contributed by atoms with Crippen LogP contribution >= 0.6 is 0 Å². The zero-order valence-corrected chi connectivity index (χ0v) is 10.1. The lowest BCUT2D eigenvalue weighted by atomic mass is 10.00. The number of fused-ring (bicyclic) bond motifs is 1. The summed E-state index contributed by atoms with van der Waals surface area (Å²) in [6.07, 6.45) is 4.88. The normalized spacial score (nSPS) is 20.0. The number of hydrogen-bond donors (Lipinski definition) is 0. The van der Waals surface area contributed by atoms with Gasteiger partial charge < -0.3 is 9.69 Å². The number of carbonyl (C=O) groups is 1. The van der Waals surface area contributed by atoms with Crippen molar-refractivity contribution in [1.82, 2.24) is 9.97 Å². The first-order chi connectivity index (χ1) is 8.86. The summed E-state index contributed by atoms with van der Waals surface area (Å²) < 4.78 is 0. The highest BCUT2D eigenvalue weighted by molar-refractivity contribution is 5.75. The molecule has 0 radical (unpaired) electrons. The van der Waals surface area contributed by atoms with E-state index in [0.717, 1.165) is 49.1 Å². The second kappa shape index (κ2) is 4.72. The zero-order chi connectivity index (χ0) is 12.4. The van der Waals surface area contributed by atoms with Crippen molar-refractivity contribution in [2.24, 2.45) is 5.92 Å². The molecule has 1 atom stereocenters. The Hall–Kier alpha value is -1.97. The largest absolute Gasteiger partial charge is 0.355 e. The number of para-hydroxylation sites is 2. The molecule has 2 aromatic rings. The van der Waals surface area contributed by atoms with Gasteiger partial charge in [0.1, 0.15) is 12.1 Å². The molecule has 0 saturated carbocycles. The Morgan fingerprint density at radius 1 is 1.28 bits per heavy atom. The topological polar surface area (TPSA) is 46.1 Å². The van der Waals surface area contributed by atoms with Crippen LogP contribution in [0.1, 0.15) is 12.8 Å². The Bertz CT molecular complexity index is 570. The van der Waals surface area contributed by atoms with Crippen molar-refractivity contribution in [3.05, 3.63) is 30.5 Å². The van der Waals surface area contributed by atoms with Gasteiger partial charge in [0.25, 0.3) is 0 Å². The molecule has 92 valence electrons. The predicted molar refractivity (Wildman–Crippen MR) is 70.5 cm³/mol. The van der Waals surface area contributed by atoms with Gasteiger partial charge in [-0.05, 0) is 25.0 Å². The fourth-order valence-electron chi connectivity index (χ4n) is 2.43. The molecule has 3 rings (SSSR count). The van der Waals surface area contributed by atoms with Gasteiger partial charge in [0.05, 0.1) is 17.2 Å². The molecule has 1 aromatic carbocycles. The summed E-state index contributed by atoms with van der Waals surface area (Å²) in [5.74, 6) is 1.01. The van der Waals surface area contributed by atoms with Crippen LogP contribution in [0.5, 0.6) is 0 Å². The van der Waals surface area contributed by atoms with Crippen molar-refractivity contribution in [2.75, 3.05) is 18.0 Å². The quantitative estimate of drug-likeness (QED) is 0.755. The van der Waals surface area contributed by atoms with Crippen LogP contribution in [0.3, 0.4) is 0 Å². The number of aromatic nitrogens is 2. The van der Waals surface area contributed by atoms with Crippen LogP contribution in [0.2, 0.25) is 0 Å². The maximum Gasteiger partial charge on any atom is 0.147 e. The van der Waals surface area contributed by atoms with Gasteiger partial charge in [0, 0.05) is 19.0 Å². The van der Waals surface area contributed by atoms with Crippen molar-refractivity contribution >= 4 is 23.1 Å². The monoisotopic (exact) mass is 241 g/mol. The second-order valence-corrected chi connectivity index (χ2v) is 4.70. The summed E-state index contributed by atoms with van der Waals surface area (Å²) in [4.78, 5) is 22.1. The van der Waals surface area contributed by atoms with Crippen LogP contribution in [-0.4, -0.2) is 29.3 Å². The van der Waals surface area contributed by atoms with Crippen LogP contribution in [0, 0.1) is 5.92 Å². The van der Waals surface area contributed by atoms with Crippen molar-refractivity contribution < 1.29 is 4.79 Å². The fraction of sp³-hybridized carbons (Fsp3) is 0.357. The second-order valence-electron chi connectivity index (χ2n) is 4.70. The average Bonchev–Trinajstić information content (AvgIpc) is 2.47. The molecule has 1 aliphatic heterocycles. The molecule has 0 bridgehead atoms. The molecule has 1 fully saturated rings. The molecule has 2 heterocycles. The number of nitrogens with zero attached hydrogens (tertiary/aromatic N) is 3. The van der Waals surface area contributed by atoms with E-state index in [1.54, 1.807) is 6.20 Å². The van der Waals surface area contributed by atoms with Gasteiger partial charge >= 0.3 is 0 Å². The number of anilines is 1. The minimum atomic E-state index is 0.132. The lowest BCUT2D eigenvalue weighted by Crippen LogP contribution is -2.36. The molecule has 0 N–H and O–H groups in total. The van der Waals surface area contributed by atoms with Crippen LogP contribution in [0.4, 0.5) is 5.82 Å². The summed E-state index contributed by atoms with van der Waals surface area (Å²) in [6.45, 7) is 1.72. The molecule has 4 nitrogen and oxygen atoms in total. The van der Waals surface area contributed by atoms with Crippen molar-refractivity contribution in [3.63, 3.8) is 0 Å². The molecule has 1 aromatic heterocycles. The van der Waals surface area contributed by atoms with E-state index in [1.807, 2.05) is 24.3 Å². The molecule has 1 unspecified atom stereocenters. The highest BCUT2D eigenvalue weighted by atomic mass is 16.1. The lowest BCUT2D eigenvalue weighted by Gasteiger charge is -2.30. The number of hydrogen-bond acceptors (Lipinski definition) is 4. The molecule has 0 aliphatic carbocycles. The van der Waals surface area contributed by atoms with Gasteiger partial charge in [-0.1, -0.05) is 12.1 Å². The van der Waals surface area contributed by atoms with Gasteiger partial charge in [0.15, 0.2) is 0 Å². The Kier molecular flexibility index (Phi) is 2.92. The smallest absolute Gasteiger partial charge is 0.147 e. The molecule has 18 heavy (non-hydrogen) atoms. The number of carbonyl (C=O) groups excluding carboxylic acids is 1. The van der Waals surface area contributed by atoms with Crippen LogP contribution in [0.25, 0.3) is 11.0 Å². The molecular weight excluding hydrogens is 226 g/mol. The van der Waals surface area contributed by atoms with Gasteiger partial charge in [-0.25, -0.2) is 4.98 Å². The van der Waals surface area contributed by atoms with Crippen LogP contribution in [-0.2, 0) is 4.79 Å². The van der Waals surface area contributed by atoms with E-state index in [9.17, 15) is 4.79 Å². The number of benzene rings is 1. The molecule has 1 aliphatic rings. The molecular formula is C14H15N3O. The Morgan fingerprint density at radius 3 is 2.94 bits per heavy atom. The van der Waals surface area contributed by atoms with Gasteiger partial charge in [0.2, 0.25) is 0 Å². The summed E-state index contributed by atoms with van der Waals surface area (Å²) in [5.41, 5.74) is 1.81. The fourth-order valence-corrected chi connectivity index (χ4v) is 2.43. The maximum absolute atomic E-state index is 10.9. The number of piperidine rings is 1. The zero-order valence-electron chi connectivity index (χ0n) is 10.1. The summed E-state index contributed by atoms with van der Waals surface area (Å²) >= 11 is 0. The van der Waals surface area contributed by atoms with E-state index >= 15 is 0 Å². The average molecular weight is 241 g/mol. The molecule has 4 heteroatoms. The van der Waals surface area contributed by atoms with E-state index in [4.69, 9.17) is 0 Å². The summed E-state index contributed by atoms with van der Waals surface area (Å²) in [6, 6.07) is 7.84. The van der Waals surface area contributed by atoms with Crippen LogP contribution in [0.15, 0.2) is 30.5 Å². The minimum absolute atomic E-state index is 0.132. The first-order valence-corrected chi connectivity index (χ1v) is 6.29.